The van der Waals surface area contributed by atoms with Gasteiger partial charge in [-0.15, -0.1) is 0 Å². The molecule has 0 radical (unpaired) electrons. The molecule has 29 heavy (non-hydrogen) atoms. The van der Waals surface area contributed by atoms with E-state index in [4.69, 9.17) is 0 Å². The van der Waals surface area contributed by atoms with E-state index in [9.17, 15) is 9.59 Å². The van der Waals surface area contributed by atoms with Crippen molar-refractivity contribution in [2.75, 3.05) is 13.1 Å². The minimum Gasteiger partial charge on any atom is -0.354 e. The zero-order valence-electron chi connectivity index (χ0n) is 17.8. The lowest BCUT2D eigenvalue weighted by atomic mass is 9.91. The van der Waals surface area contributed by atoms with Crippen LogP contribution in [0.25, 0.3) is 0 Å². The summed E-state index contributed by atoms with van der Waals surface area (Å²) in [4.78, 5) is 28.6. The molecule has 2 aromatic carbocycles. The predicted octanol–water partition coefficient (Wildman–Crippen LogP) is 4.24. The van der Waals surface area contributed by atoms with Crippen molar-refractivity contribution in [3.63, 3.8) is 0 Å². The fraction of sp³-hybridized carbons (Fsp3) is 0.440. The predicted molar refractivity (Wildman–Crippen MR) is 117 cm³/mol. The standard InChI is InChI=1S/C25H32N2O2/c1-19(2)14-17-26-24(29)25(3)16-13-21-11-7-8-12-22(21)23(28)27(25)18-15-20-9-5-4-6-10-20/h4-12,19H,13-18H2,1-3H3,(H,26,29)/t25-/m1/s1. The average molecular weight is 393 g/mol. The molecular formula is C25H32N2O2. The molecule has 4 nitrogen and oxygen atoms in total. The van der Waals surface area contributed by atoms with Crippen LogP contribution >= 0.6 is 0 Å². The Morgan fingerprint density at radius 2 is 1.79 bits per heavy atom. The summed E-state index contributed by atoms with van der Waals surface area (Å²) in [5.74, 6) is 0.431. The Morgan fingerprint density at radius 3 is 2.52 bits per heavy atom. The van der Waals surface area contributed by atoms with Crippen molar-refractivity contribution in [3.8, 4) is 0 Å². The summed E-state index contributed by atoms with van der Waals surface area (Å²) < 4.78 is 0. The Bertz CT molecular complexity index is 847. The van der Waals surface area contributed by atoms with Gasteiger partial charge in [-0.1, -0.05) is 62.4 Å². The van der Waals surface area contributed by atoms with E-state index in [0.29, 0.717) is 25.4 Å². The van der Waals surface area contributed by atoms with Gasteiger partial charge in [-0.05, 0) is 55.7 Å². The first-order chi connectivity index (χ1) is 13.9. The number of benzene rings is 2. The fourth-order valence-corrected chi connectivity index (χ4v) is 3.96. The number of hydrogen-bond donors (Lipinski definition) is 1. The number of amides is 2. The number of fused-ring (bicyclic) bond motifs is 1. The van der Waals surface area contributed by atoms with Gasteiger partial charge in [0.05, 0.1) is 0 Å². The van der Waals surface area contributed by atoms with E-state index in [1.54, 1.807) is 4.90 Å². The highest BCUT2D eigenvalue weighted by Gasteiger charge is 2.44. The van der Waals surface area contributed by atoms with E-state index in [1.165, 1.54) is 5.56 Å². The first-order valence-corrected chi connectivity index (χ1v) is 10.6. The molecule has 0 bridgehead atoms. The molecule has 4 heteroatoms. The van der Waals surface area contributed by atoms with Gasteiger partial charge in [-0.25, -0.2) is 0 Å². The zero-order valence-corrected chi connectivity index (χ0v) is 17.8. The van der Waals surface area contributed by atoms with Crippen LogP contribution in [0.4, 0.5) is 0 Å². The lowest BCUT2D eigenvalue weighted by Gasteiger charge is -2.39. The highest BCUT2D eigenvalue weighted by Crippen LogP contribution is 2.30. The van der Waals surface area contributed by atoms with Crippen molar-refractivity contribution in [2.45, 2.75) is 52.0 Å². The second-order valence-electron chi connectivity index (χ2n) is 8.56. The molecule has 1 N–H and O–H groups in total. The lowest BCUT2D eigenvalue weighted by molar-refractivity contribution is -0.131. The molecule has 1 aliphatic rings. The monoisotopic (exact) mass is 392 g/mol. The Hall–Kier alpha value is -2.62. The lowest BCUT2D eigenvalue weighted by Crippen LogP contribution is -2.59. The van der Waals surface area contributed by atoms with Crippen molar-refractivity contribution in [3.05, 3.63) is 71.3 Å². The molecule has 1 aliphatic heterocycles. The van der Waals surface area contributed by atoms with Crippen LogP contribution in [0.5, 0.6) is 0 Å². The molecule has 154 valence electrons. The van der Waals surface area contributed by atoms with Gasteiger partial charge in [0.2, 0.25) is 5.91 Å². The summed E-state index contributed by atoms with van der Waals surface area (Å²) in [5.41, 5.74) is 2.06. The van der Waals surface area contributed by atoms with Crippen LogP contribution < -0.4 is 5.32 Å². The minimum absolute atomic E-state index is 0.0458. The summed E-state index contributed by atoms with van der Waals surface area (Å²) in [6.45, 7) is 7.37. The number of nitrogens with one attached hydrogen (secondary N) is 1. The van der Waals surface area contributed by atoms with Crippen LogP contribution in [-0.2, 0) is 17.6 Å². The van der Waals surface area contributed by atoms with Crippen LogP contribution in [0, 0.1) is 5.92 Å². The molecular weight excluding hydrogens is 360 g/mol. The maximum atomic E-state index is 13.5. The van der Waals surface area contributed by atoms with E-state index >= 15 is 0 Å². The topological polar surface area (TPSA) is 49.4 Å². The van der Waals surface area contributed by atoms with Gasteiger partial charge >= 0.3 is 0 Å². The summed E-state index contributed by atoms with van der Waals surface area (Å²) >= 11 is 0. The molecule has 0 aromatic heterocycles. The van der Waals surface area contributed by atoms with E-state index in [2.05, 4.69) is 31.3 Å². The van der Waals surface area contributed by atoms with Gasteiger partial charge in [0.25, 0.3) is 5.91 Å². The summed E-state index contributed by atoms with van der Waals surface area (Å²) in [6, 6.07) is 17.9. The molecule has 1 atom stereocenters. The van der Waals surface area contributed by atoms with Gasteiger partial charge in [-0.3, -0.25) is 9.59 Å². The largest absolute Gasteiger partial charge is 0.354 e. The van der Waals surface area contributed by atoms with Crippen LogP contribution in [0.1, 0.15) is 55.1 Å². The van der Waals surface area contributed by atoms with E-state index in [1.807, 2.05) is 49.4 Å². The van der Waals surface area contributed by atoms with Gasteiger partial charge in [0.1, 0.15) is 5.54 Å². The van der Waals surface area contributed by atoms with Crippen LogP contribution in [-0.4, -0.2) is 35.3 Å². The van der Waals surface area contributed by atoms with Gasteiger partial charge in [-0.2, -0.15) is 0 Å². The molecule has 0 unspecified atom stereocenters. The number of rotatable bonds is 7. The molecule has 2 amide bonds. The quantitative estimate of drug-likeness (QED) is 0.766. The number of hydrogen-bond acceptors (Lipinski definition) is 2. The Balaban J connectivity index is 1.87. The number of aryl methyl sites for hydroxylation is 1. The summed E-state index contributed by atoms with van der Waals surface area (Å²) in [6.07, 6.45) is 3.00. The number of carbonyl (C=O) groups is 2. The van der Waals surface area contributed by atoms with Crippen molar-refractivity contribution >= 4 is 11.8 Å². The molecule has 0 saturated carbocycles. The molecule has 3 rings (SSSR count). The van der Waals surface area contributed by atoms with Gasteiger partial charge in [0, 0.05) is 18.7 Å². The van der Waals surface area contributed by atoms with Crippen molar-refractivity contribution in [2.24, 2.45) is 5.92 Å². The summed E-state index contributed by atoms with van der Waals surface area (Å²) in [5, 5.41) is 3.09. The molecule has 2 aromatic rings. The summed E-state index contributed by atoms with van der Waals surface area (Å²) in [7, 11) is 0. The maximum absolute atomic E-state index is 13.5. The molecule has 0 saturated heterocycles. The molecule has 1 heterocycles. The number of carbonyl (C=O) groups excluding carboxylic acids is 2. The third-order valence-corrected chi connectivity index (χ3v) is 5.93. The van der Waals surface area contributed by atoms with Crippen LogP contribution in [0.2, 0.25) is 0 Å². The molecule has 0 fully saturated rings. The smallest absolute Gasteiger partial charge is 0.255 e. The fourth-order valence-electron chi connectivity index (χ4n) is 3.96. The van der Waals surface area contributed by atoms with E-state index in [0.717, 1.165) is 30.4 Å². The third-order valence-electron chi connectivity index (χ3n) is 5.93. The normalized spacial score (nSPS) is 19.0. The van der Waals surface area contributed by atoms with Gasteiger partial charge < -0.3 is 10.2 Å². The minimum atomic E-state index is -0.859. The first kappa shape index (κ1) is 21.1. The second-order valence-corrected chi connectivity index (χ2v) is 8.56. The van der Waals surface area contributed by atoms with E-state index in [-0.39, 0.29) is 11.8 Å². The Morgan fingerprint density at radius 1 is 1.10 bits per heavy atom. The Kier molecular flexibility index (Phi) is 6.73. The highest BCUT2D eigenvalue weighted by molar-refractivity contribution is 6.01. The highest BCUT2D eigenvalue weighted by atomic mass is 16.2. The van der Waals surface area contributed by atoms with Crippen LogP contribution in [0.3, 0.4) is 0 Å². The first-order valence-electron chi connectivity index (χ1n) is 10.6. The SMILES string of the molecule is CC(C)CCNC(=O)[C@@]1(C)CCc2ccccc2C(=O)N1CCc1ccccc1. The van der Waals surface area contributed by atoms with Crippen molar-refractivity contribution < 1.29 is 9.59 Å². The molecule has 0 aliphatic carbocycles. The third kappa shape index (κ3) is 4.87. The van der Waals surface area contributed by atoms with Crippen molar-refractivity contribution in [1.29, 1.82) is 0 Å². The maximum Gasteiger partial charge on any atom is 0.255 e. The van der Waals surface area contributed by atoms with Crippen molar-refractivity contribution in [1.82, 2.24) is 10.2 Å². The van der Waals surface area contributed by atoms with Crippen LogP contribution in [0.15, 0.2) is 54.6 Å². The average Bonchev–Trinajstić information content (AvgIpc) is 2.83. The molecule has 0 spiro atoms. The Labute approximate surface area is 174 Å². The second kappa shape index (κ2) is 9.25. The van der Waals surface area contributed by atoms with E-state index < -0.39 is 5.54 Å². The zero-order chi connectivity index (χ0) is 20.9. The van der Waals surface area contributed by atoms with Gasteiger partial charge in [0.15, 0.2) is 0 Å². The number of nitrogens with zero attached hydrogens (tertiary/aromatic N) is 1.